The number of aliphatic carboxylic acids is 1. The largest absolute Gasteiger partial charge is 0.480 e. The summed E-state index contributed by atoms with van der Waals surface area (Å²) in [6, 6.07) is 1.45. The summed E-state index contributed by atoms with van der Waals surface area (Å²) in [6.07, 6.45) is -8.18. The minimum Gasteiger partial charge on any atom is -0.480 e. The van der Waals surface area contributed by atoms with Gasteiger partial charge in [0.1, 0.15) is 17.9 Å². The van der Waals surface area contributed by atoms with Gasteiger partial charge < -0.3 is 20.1 Å². The number of carboxylic acid groups (broad SMARTS) is 1. The Labute approximate surface area is 271 Å². The Bertz CT molecular complexity index is 2050. The highest BCUT2D eigenvalue weighted by atomic mass is 19.4. The molecule has 1 aliphatic heterocycles. The van der Waals surface area contributed by atoms with Crippen molar-refractivity contribution in [3.63, 3.8) is 0 Å². The molecule has 0 unspecified atom stereocenters. The van der Waals surface area contributed by atoms with E-state index in [-0.39, 0.29) is 40.9 Å². The summed E-state index contributed by atoms with van der Waals surface area (Å²) in [7, 11) is 1.24. The minimum atomic E-state index is -5.14. The van der Waals surface area contributed by atoms with Crippen LogP contribution in [-0.4, -0.2) is 69.1 Å². The number of nitrogens with one attached hydrogen (secondary N) is 1. The first-order valence-electron chi connectivity index (χ1n) is 14.4. The van der Waals surface area contributed by atoms with Crippen LogP contribution in [0.5, 0.6) is 0 Å². The number of carbonyl (C=O) groups is 2. The van der Waals surface area contributed by atoms with Gasteiger partial charge in [0.25, 0.3) is 11.5 Å². The monoisotopic (exact) mass is 697 g/mol. The summed E-state index contributed by atoms with van der Waals surface area (Å²) in [5.41, 5.74) is -5.66. The topological polar surface area (TPSA) is 136 Å². The number of morpholine rings is 1. The summed E-state index contributed by atoms with van der Waals surface area (Å²) in [5.74, 6) is -4.24. The lowest BCUT2D eigenvalue weighted by molar-refractivity contribution is -0.167. The van der Waals surface area contributed by atoms with Crippen molar-refractivity contribution in [3.05, 3.63) is 97.7 Å². The Hall–Kier alpha value is -5.26. The van der Waals surface area contributed by atoms with Gasteiger partial charge in [-0.3, -0.25) is 19.1 Å². The van der Waals surface area contributed by atoms with Crippen LogP contribution in [0.2, 0.25) is 0 Å². The maximum absolute atomic E-state index is 15.3. The Morgan fingerprint density at radius 1 is 1.10 bits per heavy atom. The smallest absolute Gasteiger partial charge is 0.418 e. The molecule has 11 nitrogen and oxygen atoms in total. The second-order valence-electron chi connectivity index (χ2n) is 11.2. The third-order valence-corrected chi connectivity index (χ3v) is 8.06. The predicted molar refractivity (Wildman–Crippen MR) is 159 cm³/mol. The number of halogens is 7. The number of hydrogen-bond acceptors (Lipinski definition) is 7. The van der Waals surface area contributed by atoms with Crippen molar-refractivity contribution in [3.8, 4) is 5.69 Å². The van der Waals surface area contributed by atoms with Gasteiger partial charge in [0.05, 0.1) is 47.1 Å². The van der Waals surface area contributed by atoms with E-state index < -0.39 is 83.2 Å². The molecule has 0 radical (unpaired) electrons. The molecular weight excluding hydrogens is 671 g/mol. The first kappa shape index (κ1) is 35.1. The summed E-state index contributed by atoms with van der Waals surface area (Å²) >= 11 is 0. The number of amides is 1. The van der Waals surface area contributed by atoms with Crippen molar-refractivity contribution in [2.24, 2.45) is 7.05 Å². The quantitative estimate of drug-likeness (QED) is 0.279. The second-order valence-corrected chi connectivity index (χ2v) is 11.2. The molecule has 1 fully saturated rings. The number of hydrogen-bond donors (Lipinski definition) is 2. The van der Waals surface area contributed by atoms with E-state index in [1.54, 1.807) is 0 Å². The zero-order valence-corrected chi connectivity index (χ0v) is 25.5. The standard InChI is InChI=1S/C31H26F7N5O6/c1-15-9-17(42-7-8-49-14-24(42)31(36,37)38)12-20(32)25(15)26(44)40-21(28(46)47)11-16-3-4-22(19(10-16)30(33,34)35)43-27(45)18-5-6-39-13-23(18)41(2)29(43)48/h3-6,9-10,12-13,21,24H,7-8,11,14H2,1-2H3,(H,40,44)(H,46,47)/t21-,24+/m0/s1. The second kappa shape index (κ2) is 13.0. The fourth-order valence-corrected chi connectivity index (χ4v) is 5.67. The van der Waals surface area contributed by atoms with Crippen LogP contribution in [0.4, 0.5) is 36.4 Å². The highest BCUT2D eigenvalue weighted by Gasteiger charge is 2.46. The van der Waals surface area contributed by atoms with Crippen molar-refractivity contribution >= 4 is 28.5 Å². The van der Waals surface area contributed by atoms with E-state index in [0.717, 1.165) is 27.7 Å². The van der Waals surface area contributed by atoms with E-state index in [2.05, 4.69) is 10.3 Å². The van der Waals surface area contributed by atoms with Crippen molar-refractivity contribution < 1.29 is 50.2 Å². The lowest BCUT2D eigenvalue weighted by atomic mass is 10.00. The number of pyridine rings is 1. The third-order valence-electron chi connectivity index (χ3n) is 8.06. The van der Waals surface area contributed by atoms with Crippen LogP contribution in [0.25, 0.3) is 16.6 Å². The molecule has 4 aromatic rings. The number of carbonyl (C=O) groups excluding carboxylic acids is 1. The van der Waals surface area contributed by atoms with E-state index in [0.29, 0.717) is 16.7 Å². The third kappa shape index (κ3) is 6.85. The van der Waals surface area contributed by atoms with E-state index >= 15 is 4.39 Å². The molecule has 3 heterocycles. The van der Waals surface area contributed by atoms with Crippen LogP contribution in [0.15, 0.2) is 58.4 Å². The fourth-order valence-electron chi connectivity index (χ4n) is 5.67. The maximum Gasteiger partial charge on any atom is 0.418 e. The van der Waals surface area contributed by atoms with E-state index in [1.165, 1.54) is 32.4 Å². The molecule has 2 atom stereocenters. The number of nitrogens with zero attached hydrogens (tertiary/aromatic N) is 4. The summed E-state index contributed by atoms with van der Waals surface area (Å²) in [6.45, 7) is 0.234. The van der Waals surface area contributed by atoms with Gasteiger partial charge in [-0.15, -0.1) is 0 Å². The molecule has 1 aliphatic rings. The predicted octanol–water partition coefficient (Wildman–Crippen LogP) is 3.74. The summed E-state index contributed by atoms with van der Waals surface area (Å²) in [4.78, 5) is 56.1. The first-order chi connectivity index (χ1) is 22.9. The molecule has 1 saturated heterocycles. The molecule has 0 saturated carbocycles. The Kier molecular flexibility index (Phi) is 9.29. The number of aryl methyl sites for hydroxylation is 2. The molecule has 5 rings (SSSR count). The zero-order valence-electron chi connectivity index (χ0n) is 25.5. The first-order valence-corrected chi connectivity index (χ1v) is 14.4. The van der Waals surface area contributed by atoms with Crippen LogP contribution in [0.1, 0.15) is 27.0 Å². The number of fused-ring (bicyclic) bond motifs is 1. The minimum absolute atomic E-state index is 0.0693. The van der Waals surface area contributed by atoms with Gasteiger partial charge >= 0.3 is 24.0 Å². The maximum atomic E-state index is 15.3. The Morgan fingerprint density at radius 2 is 1.82 bits per heavy atom. The zero-order chi connectivity index (χ0) is 36.0. The van der Waals surface area contributed by atoms with Crippen LogP contribution < -0.4 is 21.5 Å². The average Bonchev–Trinajstić information content (AvgIpc) is 3.02. The average molecular weight is 698 g/mol. The lowest BCUT2D eigenvalue weighted by Gasteiger charge is -2.38. The van der Waals surface area contributed by atoms with Gasteiger partial charge in [-0.05, 0) is 48.4 Å². The van der Waals surface area contributed by atoms with E-state index in [4.69, 9.17) is 4.74 Å². The molecule has 18 heteroatoms. The molecule has 2 aromatic carbocycles. The number of carboxylic acids is 1. The number of ether oxygens (including phenoxy) is 1. The SMILES string of the molecule is Cc1cc(N2CCOC[C@@H]2C(F)(F)F)cc(F)c1C(=O)N[C@@H](Cc1ccc(-n2c(=O)c3ccncc3n(C)c2=O)c(C(F)(F)F)c1)C(=O)O. The normalized spacial score (nSPS) is 16.1. The fraction of sp³-hybridized carbons (Fsp3) is 0.323. The summed E-state index contributed by atoms with van der Waals surface area (Å²) in [5, 5.41) is 11.8. The number of alkyl halides is 6. The van der Waals surface area contributed by atoms with E-state index in [9.17, 15) is 50.6 Å². The molecule has 0 spiro atoms. The van der Waals surface area contributed by atoms with E-state index in [1.807, 2.05) is 0 Å². The number of anilines is 1. The van der Waals surface area contributed by atoms with Crippen molar-refractivity contribution in [1.29, 1.82) is 0 Å². The number of benzene rings is 2. The van der Waals surface area contributed by atoms with Gasteiger partial charge in [0.2, 0.25) is 0 Å². The molecule has 1 amide bonds. The molecule has 2 N–H and O–H groups in total. The van der Waals surface area contributed by atoms with Crippen LogP contribution >= 0.6 is 0 Å². The number of rotatable bonds is 7. The van der Waals surface area contributed by atoms with Crippen LogP contribution in [0.3, 0.4) is 0 Å². The molecule has 0 aliphatic carbocycles. The highest BCUT2D eigenvalue weighted by molar-refractivity contribution is 5.98. The van der Waals surface area contributed by atoms with Crippen LogP contribution in [0, 0.1) is 12.7 Å². The van der Waals surface area contributed by atoms with Gasteiger partial charge in [-0.25, -0.2) is 18.5 Å². The Balaban J connectivity index is 1.46. The Morgan fingerprint density at radius 3 is 2.45 bits per heavy atom. The van der Waals surface area contributed by atoms with Gasteiger partial charge in [-0.2, -0.15) is 26.3 Å². The molecule has 260 valence electrons. The van der Waals surface area contributed by atoms with Gasteiger partial charge in [0, 0.05) is 31.9 Å². The van der Waals surface area contributed by atoms with Crippen molar-refractivity contribution in [2.45, 2.75) is 37.8 Å². The van der Waals surface area contributed by atoms with Gasteiger partial charge in [0.15, 0.2) is 0 Å². The summed E-state index contributed by atoms with van der Waals surface area (Å²) < 4.78 is 105. The van der Waals surface area contributed by atoms with Crippen LogP contribution in [-0.2, 0) is 29.2 Å². The van der Waals surface area contributed by atoms with Crippen molar-refractivity contribution in [1.82, 2.24) is 19.4 Å². The lowest BCUT2D eigenvalue weighted by Crippen LogP contribution is -2.53. The number of aromatic nitrogens is 3. The molecular formula is C31H26F7N5O6. The molecule has 0 bridgehead atoms. The van der Waals surface area contributed by atoms with Crippen molar-refractivity contribution in [2.75, 3.05) is 24.7 Å². The molecule has 2 aromatic heterocycles. The van der Waals surface area contributed by atoms with Gasteiger partial charge in [-0.1, -0.05) is 6.07 Å². The highest BCUT2D eigenvalue weighted by Crippen LogP contribution is 2.35. The molecule has 49 heavy (non-hydrogen) atoms.